The fourth-order valence-electron chi connectivity index (χ4n) is 3.97. The van der Waals surface area contributed by atoms with E-state index < -0.39 is 0 Å². The van der Waals surface area contributed by atoms with Crippen LogP contribution in [0.4, 0.5) is 10.5 Å². The number of benzene rings is 2. The largest absolute Gasteiger partial charge is 0.497 e. The number of amides is 2. The Kier molecular flexibility index (Phi) is 7.59. The zero-order chi connectivity index (χ0) is 23.0. The molecule has 2 amide bonds. The van der Waals surface area contributed by atoms with Crippen molar-refractivity contribution in [3.05, 3.63) is 70.5 Å². The van der Waals surface area contributed by atoms with Crippen molar-refractivity contribution in [2.45, 2.75) is 13.0 Å². The number of pyridine rings is 1. The van der Waals surface area contributed by atoms with Gasteiger partial charge in [-0.25, -0.2) is 4.79 Å². The number of aromatic amines is 1. The molecule has 174 valence electrons. The van der Waals surface area contributed by atoms with Gasteiger partial charge in [0, 0.05) is 48.3 Å². The molecule has 2 N–H and O–H groups in total. The summed E-state index contributed by atoms with van der Waals surface area (Å²) < 4.78 is 10.7. The van der Waals surface area contributed by atoms with E-state index in [0.717, 1.165) is 55.9 Å². The van der Waals surface area contributed by atoms with Gasteiger partial charge in [-0.3, -0.25) is 9.69 Å². The number of morpholine rings is 1. The molecule has 1 aliphatic rings. The fraction of sp³-hybridized carbons (Fsp3) is 0.360. The number of hydrogen-bond acceptors (Lipinski definition) is 5. The molecule has 8 heteroatoms. The number of nitrogens with zero attached hydrogens (tertiary/aromatic N) is 2. The van der Waals surface area contributed by atoms with E-state index in [1.165, 1.54) is 0 Å². The molecule has 0 atom stereocenters. The summed E-state index contributed by atoms with van der Waals surface area (Å²) in [5, 5.41) is 3.81. The first-order valence-corrected chi connectivity index (χ1v) is 11.2. The number of anilines is 1. The smallest absolute Gasteiger partial charge is 0.322 e. The Hall–Kier alpha value is -3.36. The van der Waals surface area contributed by atoms with Gasteiger partial charge in [-0.1, -0.05) is 18.2 Å². The Morgan fingerprint density at radius 2 is 1.94 bits per heavy atom. The van der Waals surface area contributed by atoms with Gasteiger partial charge in [0.05, 0.1) is 26.9 Å². The van der Waals surface area contributed by atoms with Crippen molar-refractivity contribution < 1.29 is 14.3 Å². The summed E-state index contributed by atoms with van der Waals surface area (Å²) in [4.78, 5) is 32.8. The number of carbonyl (C=O) groups is 1. The monoisotopic (exact) mass is 450 g/mol. The zero-order valence-electron chi connectivity index (χ0n) is 18.9. The highest BCUT2D eigenvalue weighted by Crippen LogP contribution is 2.19. The van der Waals surface area contributed by atoms with Gasteiger partial charge >= 0.3 is 6.03 Å². The number of ether oxygens (including phenoxy) is 2. The molecule has 33 heavy (non-hydrogen) atoms. The van der Waals surface area contributed by atoms with Gasteiger partial charge in [0.15, 0.2) is 0 Å². The highest BCUT2D eigenvalue weighted by atomic mass is 16.5. The molecule has 2 aromatic carbocycles. The summed E-state index contributed by atoms with van der Waals surface area (Å²) in [5.74, 6) is 0.713. The van der Waals surface area contributed by atoms with E-state index in [9.17, 15) is 9.59 Å². The van der Waals surface area contributed by atoms with Crippen molar-refractivity contribution in [3.8, 4) is 5.75 Å². The molecule has 1 saturated heterocycles. The molecule has 0 radical (unpaired) electrons. The second-order valence-electron chi connectivity index (χ2n) is 8.10. The molecule has 1 fully saturated rings. The van der Waals surface area contributed by atoms with Gasteiger partial charge in [-0.05, 0) is 42.8 Å². The minimum Gasteiger partial charge on any atom is -0.497 e. The Labute approximate surface area is 193 Å². The minimum absolute atomic E-state index is 0.196. The molecule has 3 aromatic rings. The summed E-state index contributed by atoms with van der Waals surface area (Å²) in [5.41, 5.74) is 1.79. The second-order valence-corrected chi connectivity index (χ2v) is 8.10. The lowest BCUT2D eigenvalue weighted by Crippen LogP contribution is -2.40. The van der Waals surface area contributed by atoms with E-state index in [-0.39, 0.29) is 18.1 Å². The summed E-state index contributed by atoms with van der Waals surface area (Å²) in [6, 6.07) is 16.5. The van der Waals surface area contributed by atoms with Crippen molar-refractivity contribution in [1.29, 1.82) is 0 Å². The zero-order valence-corrected chi connectivity index (χ0v) is 18.9. The third-order valence-electron chi connectivity index (χ3n) is 5.81. The molecule has 0 saturated carbocycles. The lowest BCUT2D eigenvalue weighted by molar-refractivity contribution is 0.0365. The van der Waals surface area contributed by atoms with Gasteiger partial charge in [0.25, 0.3) is 5.56 Å². The average molecular weight is 451 g/mol. The van der Waals surface area contributed by atoms with Crippen LogP contribution in [0, 0.1) is 0 Å². The molecule has 0 unspecified atom stereocenters. The maximum absolute atomic E-state index is 13.1. The SMILES string of the molecule is COc1ccc2[nH]c(=O)c(CN(CCCN3CCOCC3)C(=O)Nc3ccccc3)cc2c1. The van der Waals surface area contributed by atoms with Crippen LogP contribution in [0.1, 0.15) is 12.0 Å². The lowest BCUT2D eigenvalue weighted by atomic mass is 10.1. The van der Waals surface area contributed by atoms with E-state index >= 15 is 0 Å². The lowest BCUT2D eigenvalue weighted by Gasteiger charge is -2.28. The number of rotatable bonds is 8. The number of aromatic nitrogens is 1. The van der Waals surface area contributed by atoms with Gasteiger partial charge < -0.3 is 24.7 Å². The van der Waals surface area contributed by atoms with Crippen molar-refractivity contribution in [2.24, 2.45) is 0 Å². The van der Waals surface area contributed by atoms with Crippen LogP contribution in [-0.4, -0.2) is 67.3 Å². The summed E-state index contributed by atoms with van der Waals surface area (Å²) in [7, 11) is 1.61. The Balaban J connectivity index is 1.51. The highest BCUT2D eigenvalue weighted by Gasteiger charge is 2.18. The number of H-pyrrole nitrogens is 1. The Morgan fingerprint density at radius 3 is 2.70 bits per heavy atom. The summed E-state index contributed by atoms with van der Waals surface area (Å²) >= 11 is 0. The summed E-state index contributed by atoms with van der Waals surface area (Å²) in [6.07, 6.45) is 0.807. The second kappa shape index (κ2) is 11.0. The van der Waals surface area contributed by atoms with Crippen molar-refractivity contribution in [1.82, 2.24) is 14.8 Å². The third-order valence-corrected chi connectivity index (χ3v) is 5.81. The average Bonchev–Trinajstić information content (AvgIpc) is 2.84. The van der Waals surface area contributed by atoms with E-state index in [0.29, 0.717) is 17.9 Å². The van der Waals surface area contributed by atoms with E-state index in [2.05, 4.69) is 15.2 Å². The normalized spacial score (nSPS) is 14.2. The first-order chi connectivity index (χ1) is 16.1. The molecule has 0 spiro atoms. The topological polar surface area (TPSA) is 86.9 Å². The first-order valence-electron chi connectivity index (χ1n) is 11.2. The number of methoxy groups -OCH3 is 1. The van der Waals surface area contributed by atoms with Crippen molar-refractivity contribution >= 4 is 22.6 Å². The third kappa shape index (κ3) is 6.12. The summed E-state index contributed by atoms with van der Waals surface area (Å²) in [6.45, 7) is 4.92. The molecular weight excluding hydrogens is 420 g/mol. The number of hydrogen-bond donors (Lipinski definition) is 2. The number of carbonyl (C=O) groups excluding carboxylic acids is 1. The van der Waals surface area contributed by atoms with Crippen LogP contribution in [0.3, 0.4) is 0 Å². The number of urea groups is 1. The number of fused-ring (bicyclic) bond motifs is 1. The first kappa shape index (κ1) is 22.8. The molecule has 1 aliphatic heterocycles. The van der Waals surface area contributed by atoms with Crippen LogP contribution in [0.25, 0.3) is 10.9 Å². The van der Waals surface area contributed by atoms with Crippen LogP contribution < -0.4 is 15.6 Å². The molecule has 4 rings (SSSR count). The Morgan fingerprint density at radius 1 is 1.15 bits per heavy atom. The van der Waals surface area contributed by atoms with Crippen LogP contribution in [0.2, 0.25) is 0 Å². The van der Waals surface area contributed by atoms with E-state index in [4.69, 9.17) is 9.47 Å². The van der Waals surface area contributed by atoms with E-state index in [1.807, 2.05) is 54.6 Å². The Bertz CT molecular complexity index is 1130. The molecule has 8 nitrogen and oxygen atoms in total. The predicted octanol–water partition coefficient (Wildman–Crippen LogP) is 3.29. The number of para-hydroxylation sites is 1. The van der Waals surface area contributed by atoms with Crippen LogP contribution in [0.5, 0.6) is 5.75 Å². The maximum Gasteiger partial charge on any atom is 0.322 e. The minimum atomic E-state index is -0.228. The van der Waals surface area contributed by atoms with E-state index in [1.54, 1.807) is 12.0 Å². The highest BCUT2D eigenvalue weighted by molar-refractivity contribution is 5.89. The maximum atomic E-state index is 13.1. The van der Waals surface area contributed by atoms with Crippen molar-refractivity contribution in [3.63, 3.8) is 0 Å². The quantitative estimate of drug-likeness (QED) is 0.550. The van der Waals surface area contributed by atoms with Gasteiger partial charge in [0.2, 0.25) is 0 Å². The molecule has 1 aromatic heterocycles. The van der Waals surface area contributed by atoms with Gasteiger partial charge in [-0.2, -0.15) is 0 Å². The van der Waals surface area contributed by atoms with Crippen LogP contribution in [0.15, 0.2) is 59.4 Å². The molecular formula is C25H30N4O4. The number of nitrogens with one attached hydrogen (secondary N) is 2. The van der Waals surface area contributed by atoms with Crippen LogP contribution in [-0.2, 0) is 11.3 Å². The fourth-order valence-corrected chi connectivity index (χ4v) is 3.97. The molecule has 0 aliphatic carbocycles. The van der Waals surface area contributed by atoms with Crippen LogP contribution >= 0.6 is 0 Å². The van der Waals surface area contributed by atoms with Gasteiger partial charge in [0.1, 0.15) is 5.75 Å². The van der Waals surface area contributed by atoms with Crippen molar-refractivity contribution in [2.75, 3.05) is 51.8 Å². The standard InChI is InChI=1S/C25H30N4O4/c1-32-22-8-9-23-19(17-22)16-20(24(30)27-23)18-29(11-5-10-28-12-14-33-15-13-28)25(31)26-21-6-3-2-4-7-21/h2-4,6-9,16-17H,5,10-15,18H2,1H3,(H,26,31)(H,27,30). The molecule has 2 heterocycles. The predicted molar refractivity (Wildman–Crippen MR) is 129 cm³/mol. The van der Waals surface area contributed by atoms with Gasteiger partial charge in [-0.15, -0.1) is 0 Å². The molecule has 0 bridgehead atoms.